The van der Waals surface area contributed by atoms with Gasteiger partial charge >= 0.3 is 0 Å². The van der Waals surface area contributed by atoms with Gasteiger partial charge in [-0.15, -0.1) is 12.4 Å². The molecule has 130 valence electrons. The molecular formula is C20H21ClFN3. The summed E-state index contributed by atoms with van der Waals surface area (Å²) >= 11 is 0. The minimum atomic E-state index is -0.203. The Labute approximate surface area is 153 Å². The zero-order valence-electron chi connectivity index (χ0n) is 14.3. The van der Waals surface area contributed by atoms with E-state index in [4.69, 9.17) is 4.98 Å². The molecule has 1 atom stereocenters. The van der Waals surface area contributed by atoms with Gasteiger partial charge in [0, 0.05) is 36.4 Å². The van der Waals surface area contributed by atoms with Gasteiger partial charge in [0.05, 0.1) is 5.69 Å². The molecule has 2 aromatic heterocycles. The lowest BCUT2D eigenvalue weighted by atomic mass is 9.95. The second-order valence-electron chi connectivity index (χ2n) is 6.16. The summed E-state index contributed by atoms with van der Waals surface area (Å²) < 4.78 is 13.1. The van der Waals surface area contributed by atoms with E-state index in [1.807, 2.05) is 12.1 Å². The van der Waals surface area contributed by atoms with E-state index in [1.54, 1.807) is 18.6 Å². The molecule has 0 bridgehead atoms. The number of nitrogens with zero attached hydrogens (tertiary/aromatic N) is 3. The second-order valence-corrected chi connectivity index (χ2v) is 6.16. The Morgan fingerprint density at radius 2 is 1.72 bits per heavy atom. The summed E-state index contributed by atoms with van der Waals surface area (Å²) in [6, 6.07) is 10.9. The van der Waals surface area contributed by atoms with Gasteiger partial charge in [0.2, 0.25) is 0 Å². The van der Waals surface area contributed by atoms with Gasteiger partial charge in [0.15, 0.2) is 0 Å². The highest BCUT2D eigenvalue weighted by Crippen LogP contribution is 2.21. The van der Waals surface area contributed by atoms with Gasteiger partial charge in [-0.3, -0.25) is 15.0 Å². The molecule has 25 heavy (non-hydrogen) atoms. The van der Waals surface area contributed by atoms with E-state index < -0.39 is 0 Å². The third-order valence-corrected chi connectivity index (χ3v) is 4.01. The standard InChI is InChI=1S/C20H20FN3.ClH/c1-14-9-18(11-15(2)16-3-5-17(21)6-4-16)24-19(10-14)12-20-13-22-7-8-23-20;/h3-10,13,15H,11-12H2,1-2H3;1H/t15-;/m1./s1. The Morgan fingerprint density at radius 3 is 2.40 bits per heavy atom. The summed E-state index contributed by atoms with van der Waals surface area (Å²) in [5.74, 6) is 0.0788. The van der Waals surface area contributed by atoms with E-state index in [0.29, 0.717) is 6.42 Å². The van der Waals surface area contributed by atoms with Crippen molar-refractivity contribution in [3.63, 3.8) is 0 Å². The third-order valence-electron chi connectivity index (χ3n) is 4.01. The van der Waals surface area contributed by atoms with E-state index >= 15 is 0 Å². The Bertz CT molecular complexity index is 807. The molecule has 0 radical (unpaired) electrons. The summed E-state index contributed by atoms with van der Waals surface area (Å²) in [6.45, 7) is 4.22. The molecule has 3 aromatic rings. The summed E-state index contributed by atoms with van der Waals surface area (Å²) in [5.41, 5.74) is 5.26. The van der Waals surface area contributed by atoms with Crippen molar-refractivity contribution < 1.29 is 4.39 Å². The van der Waals surface area contributed by atoms with Crippen LogP contribution >= 0.6 is 12.4 Å². The summed E-state index contributed by atoms with van der Waals surface area (Å²) in [5, 5.41) is 0. The molecule has 0 spiro atoms. The second kappa shape index (κ2) is 8.67. The Hall–Kier alpha value is -2.33. The first kappa shape index (κ1) is 19.0. The van der Waals surface area contributed by atoms with Crippen LogP contribution < -0.4 is 0 Å². The molecule has 0 aliphatic carbocycles. The minimum Gasteiger partial charge on any atom is -0.261 e. The predicted octanol–water partition coefficient (Wildman–Crippen LogP) is 4.68. The van der Waals surface area contributed by atoms with Gasteiger partial charge < -0.3 is 0 Å². The number of hydrogen-bond donors (Lipinski definition) is 0. The summed E-state index contributed by atoms with van der Waals surface area (Å²) in [4.78, 5) is 13.2. The van der Waals surface area contributed by atoms with Crippen LogP contribution in [0.2, 0.25) is 0 Å². The number of aromatic nitrogens is 3. The van der Waals surface area contributed by atoms with Gasteiger partial charge in [-0.05, 0) is 54.7 Å². The zero-order valence-corrected chi connectivity index (χ0v) is 15.1. The topological polar surface area (TPSA) is 38.7 Å². The van der Waals surface area contributed by atoms with Crippen molar-refractivity contribution in [1.82, 2.24) is 15.0 Å². The first-order valence-corrected chi connectivity index (χ1v) is 8.07. The highest BCUT2D eigenvalue weighted by molar-refractivity contribution is 5.85. The third kappa shape index (κ3) is 5.33. The number of rotatable bonds is 5. The molecule has 5 heteroatoms. The maximum atomic E-state index is 13.1. The molecule has 0 fully saturated rings. The van der Waals surface area contributed by atoms with Crippen LogP contribution in [0.1, 0.15) is 41.1 Å². The van der Waals surface area contributed by atoms with E-state index in [1.165, 1.54) is 17.7 Å². The lowest BCUT2D eigenvalue weighted by Gasteiger charge is -2.13. The fraction of sp³-hybridized carbons (Fsp3) is 0.250. The van der Waals surface area contributed by atoms with E-state index in [-0.39, 0.29) is 24.1 Å². The molecule has 3 rings (SSSR count). The van der Waals surface area contributed by atoms with Crippen LogP contribution in [0.15, 0.2) is 55.0 Å². The van der Waals surface area contributed by atoms with Crippen molar-refractivity contribution in [3.8, 4) is 0 Å². The molecule has 0 saturated carbocycles. The maximum absolute atomic E-state index is 13.1. The Kier molecular flexibility index (Phi) is 6.59. The van der Waals surface area contributed by atoms with Crippen molar-refractivity contribution in [2.75, 3.05) is 0 Å². The average Bonchev–Trinajstić information content (AvgIpc) is 2.55. The van der Waals surface area contributed by atoms with E-state index in [9.17, 15) is 4.39 Å². The van der Waals surface area contributed by atoms with Crippen LogP contribution in [0.4, 0.5) is 4.39 Å². The van der Waals surface area contributed by atoms with E-state index in [0.717, 1.165) is 29.1 Å². The quantitative estimate of drug-likeness (QED) is 0.665. The molecule has 0 aliphatic rings. The molecule has 0 unspecified atom stereocenters. The van der Waals surface area contributed by atoms with Crippen LogP contribution in [-0.2, 0) is 12.8 Å². The zero-order chi connectivity index (χ0) is 16.9. The number of halogens is 2. The highest BCUT2D eigenvalue weighted by atomic mass is 35.5. The van der Waals surface area contributed by atoms with Gasteiger partial charge in [-0.1, -0.05) is 19.1 Å². The van der Waals surface area contributed by atoms with Crippen molar-refractivity contribution in [1.29, 1.82) is 0 Å². The summed E-state index contributed by atoms with van der Waals surface area (Å²) in [7, 11) is 0. The molecule has 1 aromatic carbocycles. The average molecular weight is 358 g/mol. The SMILES string of the molecule is Cc1cc(Cc2cnccn2)nc(C[C@@H](C)c2ccc(F)cc2)c1.Cl. The minimum absolute atomic E-state index is 0. The van der Waals surface area contributed by atoms with Crippen molar-refractivity contribution >= 4 is 12.4 Å². The molecular weight excluding hydrogens is 337 g/mol. The normalized spacial score (nSPS) is 11.6. The smallest absolute Gasteiger partial charge is 0.123 e. The van der Waals surface area contributed by atoms with Crippen LogP contribution in [0, 0.1) is 12.7 Å². The van der Waals surface area contributed by atoms with Crippen LogP contribution in [0.5, 0.6) is 0 Å². The van der Waals surface area contributed by atoms with Crippen molar-refractivity contribution in [2.45, 2.75) is 32.6 Å². The molecule has 0 N–H and O–H groups in total. The lowest BCUT2D eigenvalue weighted by Crippen LogP contribution is -2.04. The first-order valence-electron chi connectivity index (χ1n) is 8.07. The number of aryl methyl sites for hydroxylation is 1. The van der Waals surface area contributed by atoms with Gasteiger partial charge in [0.25, 0.3) is 0 Å². The molecule has 3 nitrogen and oxygen atoms in total. The summed E-state index contributed by atoms with van der Waals surface area (Å²) in [6.07, 6.45) is 6.63. The fourth-order valence-electron chi connectivity index (χ4n) is 2.84. The van der Waals surface area contributed by atoms with Crippen LogP contribution in [0.3, 0.4) is 0 Å². The van der Waals surface area contributed by atoms with Crippen LogP contribution in [0.25, 0.3) is 0 Å². The molecule has 0 aliphatic heterocycles. The molecule has 0 saturated heterocycles. The molecule has 2 heterocycles. The number of hydrogen-bond acceptors (Lipinski definition) is 3. The lowest BCUT2D eigenvalue weighted by molar-refractivity contribution is 0.625. The Morgan fingerprint density at radius 1 is 1.00 bits per heavy atom. The Balaban J connectivity index is 0.00000225. The van der Waals surface area contributed by atoms with Crippen molar-refractivity contribution in [2.24, 2.45) is 0 Å². The fourth-order valence-corrected chi connectivity index (χ4v) is 2.84. The predicted molar refractivity (Wildman–Crippen MR) is 99.6 cm³/mol. The largest absolute Gasteiger partial charge is 0.261 e. The van der Waals surface area contributed by atoms with Gasteiger partial charge in [-0.25, -0.2) is 4.39 Å². The van der Waals surface area contributed by atoms with Crippen LogP contribution in [-0.4, -0.2) is 15.0 Å². The highest BCUT2D eigenvalue weighted by Gasteiger charge is 2.10. The number of benzene rings is 1. The first-order chi connectivity index (χ1) is 11.6. The monoisotopic (exact) mass is 357 g/mol. The van der Waals surface area contributed by atoms with E-state index in [2.05, 4.69) is 35.9 Å². The maximum Gasteiger partial charge on any atom is 0.123 e. The van der Waals surface area contributed by atoms with Gasteiger partial charge in [0.1, 0.15) is 5.82 Å². The van der Waals surface area contributed by atoms with Gasteiger partial charge in [-0.2, -0.15) is 0 Å². The molecule has 0 amide bonds. The number of pyridine rings is 1. The van der Waals surface area contributed by atoms with Crippen molar-refractivity contribution in [3.05, 3.63) is 89.0 Å².